The van der Waals surface area contributed by atoms with E-state index in [9.17, 15) is 0 Å². The highest BCUT2D eigenvalue weighted by Gasteiger charge is 2.08. The van der Waals surface area contributed by atoms with Crippen molar-refractivity contribution >= 4 is 16.6 Å². The molecule has 0 bridgehead atoms. The van der Waals surface area contributed by atoms with Crippen LogP contribution in [0.25, 0.3) is 10.8 Å². The number of aromatic nitrogens is 1. The molecule has 2 aromatic rings. The first-order valence-electron chi connectivity index (χ1n) is 5.43. The van der Waals surface area contributed by atoms with Crippen molar-refractivity contribution < 1.29 is 0 Å². The average molecular weight is 200 g/mol. The van der Waals surface area contributed by atoms with E-state index >= 15 is 0 Å². The van der Waals surface area contributed by atoms with E-state index in [1.165, 1.54) is 10.9 Å². The van der Waals surface area contributed by atoms with Gasteiger partial charge in [-0.25, -0.2) is 4.98 Å². The molecule has 2 N–H and O–H groups in total. The Morgan fingerprint density at radius 1 is 1.07 bits per heavy atom. The fourth-order valence-electron chi connectivity index (χ4n) is 2.09. The fourth-order valence-corrected chi connectivity index (χ4v) is 2.09. The van der Waals surface area contributed by atoms with Crippen LogP contribution in [-0.4, -0.2) is 4.98 Å². The molecule has 0 atom stereocenters. The molecule has 0 unspecified atom stereocenters. The Morgan fingerprint density at radius 2 is 1.73 bits per heavy atom. The molecule has 0 saturated carbocycles. The molecule has 0 fully saturated rings. The number of nitrogens with zero attached hydrogens (tertiary/aromatic N) is 1. The van der Waals surface area contributed by atoms with Gasteiger partial charge in [-0.3, -0.25) is 0 Å². The second-order valence-electron chi connectivity index (χ2n) is 3.67. The van der Waals surface area contributed by atoms with Crippen molar-refractivity contribution in [3.8, 4) is 0 Å². The average Bonchev–Trinajstić information content (AvgIpc) is 2.29. The molecule has 2 heteroatoms. The lowest BCUT2D eigenvalue weighted by Crippen LogP contribution is -2.01. The largest absolute Gasteiger partial charge is 0.383 e. The summed E-state index contributed by atoms with van der Waals surface area (Å²) in [6.45, 7) is 4.29. The molecule has 0 spiro atoms. The van der Waals surface area contributed by atoms with Gasteiger partial charge < -0.3 is 5.73 Å². The van der Waals surface area contributed by atoms with Gasteiger partial charge in [0.2, 0.25) is 0 Å². The number of pyridine rings is 1. The van der Waals surface area contributed by atoms with Gasteiger partial charge in [-0.2, -0.15) is 0 Å². The maximum absolute atomic E-state index is 5.95. The van der Waals surface area contributed by atoms with Gasteiger partial charge in [-0.05, 0) is 23.8 Å². The van der Waals surface area contributed by atoms with E-state index in [1.807, 2.05) is 12.1 Å². The Bertz CT molecular complexity index is 489. The Morgan fingerprint density at radius 3 is 2.33 bits per heavy atom. The Labute approximate surface area is 90.1 Å². The molecule has 0 aliphatic heterocycles. The van der Waals surface area contributed by atoms with Crippen molar-refractivity contribution in [2.75, 3.05) is 5.73 Å². The van der Waals surface area contributed by atoms with Gasteiger partial charge in [0.15, 0.2) is 0 Å². The fraction of sp³-hybridized carbons (Fsp3) is 0.308. The minimum Gasteiger partial charge on any atom is -0.383 e. The summed E-state index contributed by atoms with van der Waals surface area (Å²) in [5.74, 6) is 0.652. The third-order valence-corrected chi connectivity index (χ3v) is 2.82. The van der Waals surface area contributed by atoms with E-state index in [4.69, 9.17) is 5.73 Å². The van der Waals surface area contributed by atoms with Crippen molar-refractivity contribution in [1.29, 1.82) is 0 Å². The van der Waals surface area contributed by atoms with Crippen molar-refractivity contribution in [2.24, 2.45) is 0 Å². The van der Waals surface area contributed by atoms with Crippen LogP contribution in [0.2, 0.25) is 0 Å². The molecule has 15 heavy (non-hydrogen) atoms. The summed E-state index contributed by atoms with van der Waals surface area (Å²) in [6, 6.07) is 8.23. The normalized spacial score (nSPS) is 10.8. The molecular formula is C13H16N2. The van der Waals surface area contributed by atoms with Crippen LogP contribution in [-0.2, 0) is 12.8 Å². The molecule has 78 valence electrons. The quantitative estimate of drug-likeness (QED) is 0.809. The highest BCUT2D eigenvalue weighted by Crippen LogP contribution is 2.25. The van der Waals surface area contributed by atoms with Crippen LogP contribution >= 0.6 is 0 Å². The van der Waals surface area contributed by atoms with Crippen molar-refractivity contribution in [3.05, 3.63) is 35.5 Å². The van der Waals surface area contributed by atoms with Gasteiger partial charge in [0, 0.05) is 11.1 Å². The zero-order chi connectivity index (χ0) is 10.8. The predicted molar refractivity (Wildman–Crippen MR) is 64.9 cm³/mol. The standard InChI is InChI=1S/C13H16N2/c1-3-9-10-7-5-6-8-11(10)13(14)15-12(9)4-2/h5-8H,3-4H2,1-2H3,(H2,14,15). The lowest BCUT2D eigenvalue weighted by Gasteiger charge is -2.11. The number of hydrogen-bond donors (Lipinski definition) is 1. The highest BCUT2D eigenvalue weighted by atomic mass is 14.8. The van der Waals surface area contributed by atoms with Crippen molar-refractivity contribution in [2.45, 2.75) is 26.7 Å². The lowest BCUT2D eigenvalue weighted by atomic mass is 10.0. The number of benzene rings is 1. The molecule has 0 radical (unpaired) electrons. The molecular weight excluding hydrogens is 184 g/mol. The van der Waals surface area contributed by atoms with Crippen LogP contribution in [0.5, 0.6) is 0 Å². The van der Waals surface area contributed by atoms with Gasteiger partial charge >= 0.3 is 0 Å². The Hall–Kier alpha value is -1.57. The third kappa shape index (κ3) is 1.56. The zero-order valence-electron chi connectivity index (χ0n) is 9.25. The van der Waals surface area contributed by atoms with E-state index in [1.54, 1.807) is 0 Å². The second-order valence-corrected chi connectivity index (χ2v) is 3.67. The topological polar surface area (TPSA) is 38.9 Å². The summed E-state index contributed by atoms with van der Waals surface area (Å²) in [5, 5.41) is 2.33. The zero-order valence-corrected chi connectivity index (χ0v) is 9.25. The van der Waals surface area contributed by atoms with E-state index < -0.39 is 0 Å². The molecule has 2 nitrogen and oxygen atoms in total. The minimum absolute atomic E-state index is 0.652. The predicted octanol–water partition coefficient (Wildman–Crippen LogP) is 2.94. The first-order valence-corrected chi connectivity index (χ1v) is 5.43. The number of nitrogens with two attached hydrogens (primary N) is 1. The highest BCUT2D eigenvalue weighted by molar-refractivity contribution is 5.93. The monoisotopic (exact) mass is 200 g/mol. The number of nitrogen functional groups attached to an aromatic ring is 1. The smallest absolute Gasteiger partial charge is 0.131 e. The van der Waals surface area contributed by atoms with Gasteiger partial charge in [-0.15, -0.1) is 0 Å². The summed E-state index contributed by atoms with van der Waals surface area (Å²) < 4.78 is 0. The number of aryl methyl sites for hydroxylation is 2. The molecule has 1 aromatic carbocycles. The summed E-state index contributed by atoms with van der Waals surface area (Å²) in [6.07, 6.45) is 1.95. The first-order chi connectivity index (χ1) is 7.27. The van der Waals surface area contributed by atoms with E-state index in [-0.39, 0.29) is 0 Å². The SMILES string of the molecule is CCc1nc(N)c2ccccc2c1CC. The van der Waals surface area contributed by atoms with Crippen molar-refractivity contribution in [1.82, 2.24) is 4.98 Å². The third-order valence-electron chi connectivity index (χ3n) is 2.82. The molecule has 2 rings (SSSR count). The molecule has 0 aliphatic carbocycles. The number of anilines is 1. The van der Waals surface area contributed by atoms with Crippen LogP contribution < -0.4 is 5.73 Å². The van der Waals surface area contributed by atoms with E-state index in [2.05, 4.69) is 31.0 Å². The van der Waals surface area contributed by atoms with Gasteiger partial charge in [0.05, 0.1) is 0 Å². The van der Waals surface area contributed by atoms with Crippen LogP contribution in [0.3, 0.4) is 0 Å². The molecule has 1 heterocycles. The van der Waals surface area contributed by atoms with Gasteiger partial charge in [0.1, 0.15) is 5.82 Å². The van der Waals surface area contributed by atoms with Crippen LogP contribution in [0.4, 0.5) is 5.82 Å². The lowest BCUT2D eigenvalue weighted by molar-refractivity contribution is 0.983. The molecule has 1 aromatic heterocycles. The summed E-state index contributed by atoms with van der Waals surface area (Å²) in [5.41, 5.74) is 8.41. The van der Waals surface area contributed by atoms with Gasteiger partial charge in [-0.1, -0.05) is 38.1 Å². The summed E-state index contributed by atoms with van der Waals surface area (Å²) >= 11 is 0. The molecule has 0 amide bonds. The van der Waals surface area contributed by atoms with Crippen LogP contribution in [0, 0.1) is 0 Å². The number of hydrogen-bond acceptors (Lipinski definition) is 2. The number of rotatable bonds is 2. The summed E-state index contributed by atoms with van der Waals surface area (Å²) in [7, 11) is 0. The molecule has 0 saturated heterocycles. The first kappa shape index (κ1) is 9.97. The Balaban J connectivity index is 2.85. The van der Waals surface area contributed by atoms with Gasteiger partial charge in [0.25, 0.3) is 0 Å². The number of fused-ring (bicyclic) bond motifs is 1. The summed E-state index contributed by atoms with van der Waals surface area (Å²) in [4.78, 5) is 4.47. The van der Waals surface area contributed by atoms with Crippen molar-refractivity contribution in [3.63, 3.8) is 0 Å². The Kier molecular flexibility index (Phi) is 2.58. The second kappa shape index (κ2) is 3.89. The van der Waals surface area contributed by atoms with E-state index in [0.717, 1.165) is 23.9 Å². The molecule has 0 aliphatic rings. The van der Waals surface area contributed by atoms with E-state index in [0.29, 0.717) is 5.82 Å². The maximum Gasteiger partial charge on any atom is 0.131 e. The van der Waals surface area contributed by atoms with Crippen LogP contribution in [0.15, 0.2) is 24.3 Å². The maximum atomic E-state index is 5.95. The minimum atomic E-state index is 0.652. The van der Waals surface area contributed by atoms with Crippen LogP contribution in [0.1, 0.15) is 25.1 Å².